The summed E-state index contributed by atoms with van der Waals surface area (Å²) in [6.45, 7) is 4.54. The van der Waals surface area contributed by atoms with Crippen molar-refractivity contribution in [1.29, 1.82) is 0 Å². The maximum atomic E-state index is 11.9. The maximum absolute atomic E-state index is 11.9. The third-order valence-corrected chi connectivity index (χ3v) is 16.6. The highest BCUT2D eigenvalue weighted by Crippen LogP contribution is 2.58. The number of carbonyl (C=O) groups excluding carboxylic acids is 1. The van der Waals surface area contributed by atoms with Crippen LogP contribution in [0.25, 0.3) is 8.47 Å². The normalized spacial score (nSPS) is 17.6. The Bertz CT molecular complexity index is 1050. The van der Waals surface area contributed by atoms with Crippen molar-refractivity contribution < 1.29 is 9.53 Å². The lowest BCUT2D eigenvalue weighted by Gasteiger charge is -2.05. The van der Waals surface area contributed by atoms with E-state index in [-0.39, 0.29) is 5.97 Å². The average Bonchev–Trinajstić information content (AvgIpc) is 3.57. The molecule has 0 fully saturated rings. The Morgan fingerprint density at radius 3 is 2.06 bits per heavy atom. The van der Waals surface area contributed by atoms with E-state index >= 15 is 0 Å². The van der Waals surface area contributed by atoms with E-state index in [1.807, 2.05) is 52.5 Å². The first-order valence-electron chi connectivity index (χ1n) is 11.4. The Labute approximate surface area is 242 Å². The second-order valence-corrected chi connectivity index (χ2v) is 17.7. The SMILES string of the molecule is CCCCCCSC1=C(SCCCCCC)SC(=c2sc(=S)/c(=C3\SC=C(C(=O)OC)S3)s2)S1. The fourth-order valence-electron chi connectivity index (χ4n) is 2.96. The standard InChI is InChI=1S/C23H30O2S9/c1-4-6-8-10-12-27-20-21(28-13-11-9-7-5-2)34-23(33-20)22-31-16(18(26)32-22)19-29-14-15(30-19)17(24)25-3/h14H,4-13H2,1-3H3/b19-16-. The van der Waals surface area contributed by atoms with Crippen molar-refractivity contribution in [3.63, 3.8) is 0 Å². The fraction of sp³-hybridized carbons (Fsp3) is 0.565. The molecule has 1 aromatic heterocycles. The topological polar surface area (TPSA) is 26.3 Å². The van der Waals surface area contributed by atoms with Gasteiger partial charge < -0.3 is 4.74 Å². The first kappa shape index (κ1) is 29.6. The number of hydrogen-bond donors (Lipinski definition) is 0. The summed E-state index contributed by atoms with van der Waals surface area (Å²) in [6, 6.07) is 0. The van der Waals surface area contributed by atoms with Gasteiger partial charge in [-0.1, -0.05) is 112 Å². The van der Waals surface area contributed by atoms with Crippen LogP contribution in [0.2, 0.25) is 0 Å². The Balaban J connectivity index is 1.75. The van der Waals surface area contributed by atoms with Gasteiger partial charge in [-0.15, -0.1) is 46.2 Å². The maximum Gasteiger partial charge on any atom is 0.345 e. The van der Waals surface area contributed by atoms with E-state index in [2.05, 4.69) is 13.8 Å². The van der Waals surface area contributed by atoms with Gasteiger partial charge in [0.25, 0.3) is 0 Å². The molecule has 0 aliphatic carbocycles. The molecule has 0 unspecified atom stereocenters. The van der Waals surface area contributed by atoms with Crippen LogP contribution in [0.1, 0.15) is 65.2 Å². The van der Waals surface area contributed by atoms with Crippen LogP contribution in [0.3, 0.4) is 0 Å². The first-order chi connectivity index (χ1) is 16.6. The highest BCUT2D eigenvalue weighted by Gasteiger charge is 2.25. The van der Waals surface area contributed by atoms with Gasteiger partial charge in [-0.2, -0.15) is 0 Å². The molecule has 0 spiro atoms. The fourth-order valence-corrected chi connectivity index (χ4v) is 14.8. The molecule has 3 heterocycles. The molecule has 2 aliphatic heterocycles. The molecule has 0 saturated heterocycles. The van der Waals surface area contributed by atoms with Crippen molar-refractivity contribution in [3.05, 3.63) is 31.0 Å². The Hall–Kier alpha value is 1.06. The molecular formula is C23H30O2S9. The third kappa shape index (κ3) is 8.82. The number of ether oxygens (including phenoxy) is 1. The van der Waals surface area contributed by atoms with Crippen LogP contribution in [0.5, 0.6) is 0 Å². The van der Waals surface area contributed by atoms with Crippen LogP contribution >= 0.6 is 105 Å². The molecule has 3 rings (SSSR count). The molecule has 0 N–H and O–H groups in total. The van der Waals surface area contributed by atoms with E-state index < -0.39 is 0 Å². The van der Waals surface area contributed by atoms with Crippen molar-refractivity contribution in [2.75, 3.05) is 18.6 Å². The van der Waals surface area contributed by atoms with Crippen LogP contribution in [-0.2, 0) is 9.53 Å². The highest BCUT2D eigenvalue weighted by molar-refractivity contribution is 8.46. The predicted octanol–water partition coefficient (Wildman–Crippen LogP) is 9.40. The van der Waals surface area contributed by atoms with Crippen molar-refractivity contribution in [2.45, 2.75) is 65.2 Å². The van der Waals surface area contributed by atoms with Gasteiger partial charge >= 0.3 is 5.97 Å². The van der Waals surface area contributed by atoms with Gasteiger partial charge in [0.15, 0.2) is 0 Å². The Morgan fingerprint density at radius 2 is 1.50 bits per heavy atom. The van der Waals surface area contributed by atoms with Gasteiger partial charge in [-0.25, -0.2) is 4.79 Å². The summed E-state index contributed by atoms with van der Waals surface area (Å²) in [4.78, 5) is 12.5. The zero-order valence-electron chi connectivity index (χ0n) is 19.6. The summed E-state index contributed by atoms with van der Waals surface area (Å²) in [5.74, 6) is 2.13. The Kier molecular flexibility index (Phi) is 14.0. The van der Waals surface area contributed by atoms with Crippen LogP contribution < -0.4 is 8.38 Å². The summed E-state index contributed by atoms with van der Waals surface area (Å²) >= 11 is 20.3. The average molecular weight is 627 g/mol. The van der Waals surface area contributed by atoms with Crippen LogP contribution in [0, 0.1) is 3.82 Å². The van der Waals surface area contributed by atoms with Gasteiger partial charge in [0.05, 0.1) is 28.6 Å². The summed E-state index contributed by atoms with van der Waals surface area (Å²) in [5, 5.41) is 1.87. The molecule has 2 nitrogen and oxygen atoms in total. The zero-order valence-corrected chi connectivity index (χ0v) is 27.0. The summed E-state index contributed by atoms with van der Waals surface area (Å²) < 4.78 is 13.6. The van der Waals surface area contributed by atoms with Crippen molar-refractivity contribution in [1.82, 2.24) is 0 Å². The van der Waals surface area contributed by atoms with Crippen molar-refractivity contribution in [2.24, 2.45) is 0 Å². The van der Waals surface area contributed by atoms with Gasteiger partial charge in [-0.3, -0.25) is 0 Å². The van der Waals surface area contributed by atoms with E-state index in [0.717, 1.165) is 12.6 Å². The minimum Gasteiger partial charge on any atom is -0.465 e. The molecule has 1 aromatic rings. The van der Waals surface area contributed by atoms with E-state index in [1.54, 1.807) is 34.4 Å². The summed E-state index contributed by atoms with van der Waals surface area (Å²) in [7, 11) is 1.42. The molecule has 0 amide bonds. The lowest BCUT2D eigenvalue weighted by Crippen LogP contribution is -2.00. The van der Waals surface area contributed by atoms with Crippen LogP contribution in [-0.4, -0.2) is 24.6 Å². The summed E-state index contributed by atoms with van der Waals surface area (Å²) in [5.41, 5.74) is 0. The van der Waals surface area contributed by atoms with Gasteiger partial charge in [0, 0.05) is 0 Å². The molecule has 0 aromatic carbocycles. The van der Waals surface area contributed by atoms with Gasteiger partial charge in [0.1, 0.15) is 12.6 Å². The molecule has 34 heavy (non-hydrogen) atoms. The van der Waals surface area contributed by atoms with Crippen molar-refractivity contribution >= 4 is 120 Å². The van der Waals surface area contributed by atoms with Crippen molar-refractivity contribution in [3.8, 4) is 0 Å². The largest absolute Gasteiger partial charge is 0.465 e. The molecule has 188 valence electrons. The first-order valence-corrected chi connectivity index (χ1v) is 18.8. The minimum absolute atomic E-state index is 0.277. The molecule has 0 radical (unpaired) electrons. The van der Waals surface area contributed by atoms with Crippen LogP contribution in [0.15, 0.2) is 18.8 Å². The number of hydrogen-bond acceptors (Lipinski definition) is 11. The molecular weight excluding hydrogens is 597 g/mol. The number of rotatable bonds is 13. The third-order valence-electron chi connectivity index (χ3n) is 4.78. The molecule has 0 bridgehead atoms. The monoisotopic (exact) mass is 626 g/mol. The minimum atomic E-state index is -0.277. The molecule has 0 atom stereocenters. The van der Waals surface area contributed by atoms with Gasteiger partial charge in [-0.05, 0) is 29.8 Å². The predicted molar refractivity (Wildman–Crippen MR) is 170 cm³/mol. The van der Waals surface area contributed by atoms with E-state index in [4.69, 9.17) is 17.0 Å². The highest BCUT2D eigenvalue weighted by atomic mass is 32.3. The summed E-state index contributed by atoms with van der Waals surface area (Å²) in [6.07, 6.45) is 10.5. The second-order valence-electron chi connectivity index (χ2n) is 7.47. The van der Waals surface area contributed by atoms with Gasteiger partial charge in [0.2, 0.25) is 0 Å². The number of thioether (sulfide) groups is 6. The van der Waals surface area contributed by atoms with E-state index in [1.165, 1.54) is 98.3 Å². The smallest absolute Gasteiger partial charge is 0.345 e. The number of methoxy groups -OCH3 is 1. The van der Waals surface area contributed by atoms with E-state index in [0.29, 0.717) is 4.91 Å². The quantitative estimate of drug-likeness (QED) is 0.120. The molecule has 0 saturated carbocycles. The Morgan fingerprint density at radius 1 is 0.882 bits per heavy atom. The lowest BCUT2D eigenvalue weighted by atomic mass is 10.2. The number of esters is 1. The molecule has 11 heteroatoms. The van der Waals surface area contributed by atoms with E-state index in [9.17, 15) is 4.79 Å². The van der Waals surface area contributed by atoms with Crippen LogP contribution in [0.4, 0.5) is 0 Å². The zero-order chi connectivity index (χ0) is 24.3. The lowest BCUT2D eigenvalue weighted by molar-refractivity contribution is -0.135. The number of carbonyl (C=O) groups is 1. The second kappa shape index (κ2) is 16.1. The molecule has 2 aliphatic rings. The number of unbranched alkanes of at least 4 members (excludes halogenated alkanes) is 6.